The van der Waals surface area contributed by atoms with E-state index < -0.39 is 10.0 Å². The number of hydrazone groups is 1. The van der Waals surface area contributed by atoms with Gasteiger partial charge in [-0.05, 0) is 53.1 Å². The maximum Gasteiger partial charge on any atom is 0.285 e. The van der Waals surface area contributed by atoms with Gasteiger partial charge in [0.15, 0.2) is 5.17 Å². The van der Waals surface area contributed by atoms with E-state index in [1.54, 1.807) is 12.1 Å². The van der Waals surface area contributed by atoms with Crippen LogP contribution in [-0.2, 0) is 15.8 Å². The summed E-state index contributed by atoms with van der Waals surface area (Å²) in [5.74, 6) is 0.233. The largest absolute Gasteiger partial charge is 0.378 e. The summed E-state index contributed by atoms with van der Waals surface area (Å²) in [7, 11) is -4.17. The van der Waals surface area contributed by atoms with Gasteiger partial charge in [-0.25, -0.2) is 5.01 Å². The fraction of sp³-hybridized carbons (Fsp3) is 0.100. The summed E-state index contributed by atoms with van der Waals surface area (Å²) in [6.07, 6.45) is 0. The summed E-state index contributed by atoms with van der Waals surface area (Å²) in [5.41, 5.74) is 9.95. The van der Waals surface area contributed by atoms with Gasteiger partial charge in [0, 0.05) is 21.7 Å². The van der Waals surface area contributed by atoms with Crippen LogP contribution in [-0.4, -0.2) is 36.8 Å². The highest BCUT2D eigenvalue weighted by Gasteiger charge is 2.32. The first-order valence-electron chi connectivity index (χ1n) is 12.6. The van der Waals surface area contributed by atoms with E-state index in [1.807, 2.05) is 72.8 Å². The molecule has 11 heteroatoms. The summed E-state index contributed by atoms with van der Waals surface area (Å²) < 4.78 is 30.9. The second kappa shape index (κ2) is 12.9. The first-order chi connectivity index (χ1) is 19.8. The lowest BCUT2D eigenvalue weighted by molar-refractivity contribution is 0.470. The standard InChI is InChI=1S/C30H25Cl2N5O2S2/c31-24-13-11-23(12-14-24)28-27(22-9-5-2-6-10-22)19-37(35-28)30(34-29(33)40-20-21-7-3-1-4-8-21)36-41(38,39)26-17-15-25(32)16-18-26/h1-18,27H,19-20H2,(H2,33,34,36). The molecule has 0 aliphatic carbocycles. The van der Waals surface area contributed by atoms with E-state index in [1.165, 1.54) is 41.0 Å². The van der Waals surface area contributed by atoms with E-state index in [0.29, 0.717) is 22.3 Å². The molecule has 2 N–H and O–H groups in total. The monoisotopic (exact) mass is 621 g/mol. The maximum absolute atomic E-state index is 13.4. The molecule has 7 nitrogen and oxygen atoms in total. The Hall–Kier alpha value is -3.63. The van der Waals surface area contributed by atoms with Gasteiger partial charge < -0.3 is 5.73 Å². The van der Waals surface area contributed by atoms with Crippen molar-refractivity contribution in [1.82, 2.24) is 5.01 Å². The van der Waals surface area contributed by atoms with Crippen LogP contribution in [0.15, 0.2) is 129 Å². The maximum atomic E-state index is 13.4. The molecule has 5 rings (SSSR count). The van der Waals surface area contributed by atoms with Crippen molar-refractivity contribution in [3.63, 3.8) is 0 Å². The predicted molar refractivity (Wildman–Crippen MR) is 169 cm³/mol. The number of aliphatic imine (C=N–C) groups is 1. The molecule has 4 aromatic carbocycles. The molecule has 0 saturated heterocycles. The highest BCUT2D eigenvalue weighted by Crippen LogP contribution is 2.30. The Morgan fingerprint density at radius 2 is 1.46 bits per heavy atom. The second-order valence-corrected chi connectivity index (χ2v) is 12.6. The van der Waals surface area contributed by atoms with Gasteiger partial charge >= 0.3 is 0 Å². The van der Waals surface area contributed by atoms with Gasteiger partial charge in [0.05, 0.1) is 17.2 Å². The van der Waals surface area contributed by atoms with E-state index in [9.17, 15) is 8.42 Å². The Morgan fingerprint density at radius 3 is 2.10 bits per heavy atom. The minimum Gasteiger partial charge on any atom is -0.378 e. The van der Waals surface area contributed by atoms with Crippen molar-refractivity contribution in [1.29, 1.82) is 0 Å². The fourth-order valence-corrected chi connectivity index (χ4v) is 6.05. The average molecular weight is 623 g/mol. The number of nitrogens with two attached hydrogens (primary N) is 1. The topological polar surface area (TPSA) is 100 Å². The van der Waals surface area contributed by atoms with Crippen LogP contribution in [0.1, 0.15) is 22.6 Å². The lowest BCUT2D eigenvalue weighted by Crippen LogP contribution is -2.27. The normalized spacial score (nSPS) is 16.1. The van der Waals surface area contributed by atoms with Crippen LogP contribution in [0, 0.1) is 0 Å². The summed E-state index contributed by atoms with van der Waals surface area (Å²) in [4.78, 5) is 4.45. The third-order valence-corrected chi connectivity index (χ3v) is 8.88. The van der Waals surface area contributed by atoms with Crippen LogP contribution in [0.2, 0.25) is 10.0 Å². The first-order valence-corrected chi connectivity index (χ1v) is 15.7. The Kier molecular flexibility index (Phi) is 9.09. The number of sulfonamides is 1. The van der Waals surface area contributed by atoms with Gasteiger partial charge in [0.2, 0.25) is 0 Å². The molecule has 4 aromatic rings. The van der Waals surface area contributed by atoms with Crippen molar-refractivity contribution in [3.05, 3.63) is 136 Å². The quantitative estimate of drug-likeness (QED) is 0.189. The average Bonchev–Trinajstić information content (AvgIpc) is 3.43. The van der Waals surface area contributed by atoms with Crippen molar-refractivity contribution in [3.8, 4) is 0 Å². The number of guanidine groups is 1. The molecule has 208 valence electrons. The van der Waals surface area contributed by atoms with E-state index >= 15 is 0 Å². The third kappa shape index (κ3) is 7.37. The molecule has 0 bridgehead atoms. The molecular formula is C30H25Cl2N5O2S2. The minimum atomic E-state index is -4.17. The summed E-state index contributed by atoms with van der Waals surface area (Å²) in [6.45, 7) is 0.303. The summed E-state index contributed by atoms with van der Waals surface area (Å²) >= 11 is 13.4. The number of hydrogen-bond acceptors (Lipinski definition) is 4. The molecule has 1 heterocycles. The van der Waals surface area contributed by atoms with Gasteiger partial charge in [-0.3, -0.25) is 0 Å². The molecule has 0 saturated carbocycles. The Labute approximate surface area is 253 Å². The number of rotatable bonds is 6. The van der Waals surface area contributed by atoms with Crippen LogP contribution in [0.3, 0.4) is 0 Å². The SMILES string of the molecule is NC(=NC(=NS(=O)(=O)c1ccc(Cl)cc1)N1CC(c2ccccc2)C(c2ccc(Cl)cc2)=N1)SCc1ccccc1. The molecule has 0 aromatic heterocycles. The number of nitrogens with zero attached hydrogens (tertiary/aromatic N) is 4. The second-order valence-electron chi connectivity index (χ2n) is 9.08. The molecule has 41 heavy (non-hydrogen) atoms. The first kappa shape index (κ1) is 28.9. The number of thioether (sulfide) groups is 1. The molecule has 1 aliphatic heterocycles. The van der Waals surface area contributed by atoms with Crippen molar-refractivity contribution in [2.75, 3.05) is 6.54 Å². The Balaban J connectivity index is 1.56. The van der Waals surface area contributed by atoms with Gasteiger partial charge in [-0.15, -0.1) is 4.40 Å². The van der Waals surface area contributed by atoms with Crippen molar-refractivity contribution in [2.45, 2.75) is 16.6 Å². The summed E-state index contributed by atoms with van der Waals surface area (Å²) in [5, 5.41) is 7.49. The summed E-state index contributed by atoms with van der Waals surface area (Å²) in [6, 6.07) is 32.8. The minimum absolute atomic E-state index is 0.0224. The number of amidine groups is 1. The Bertz CT molecular complexity index is 1700. The molecule has 1 aliphatic rings. The van der Waals surface area contributed by atoms with Gasteiger partial charge in [-0.1, -0.05) is 108 Å². The molecule has 0 fully saturated rings. The number of halogens is 2. The predicted octanol–water partition coefficient (Wildman–Crippen LogP) is 6.79. The molecule has 1 unspecified atom stereocenters. The lowest BCUT2D eigenvalue weighted by Gasteiger charge is -2.16. The van der Waals surface area contributed by atoms with Crippen LogP contribution in [0.25, 0.3) is 0 Å². The van der Waals surface area contributed by atoms with Gasteiger partial charge in [-0.2, -0.15) is 18.5 Å². The molecule has 0 radical (unpaired) electrons. The van der Waals surface area contributed by atoms with Crippen LogP contribution in [0.4, 0.5) is 0 Å². The van der Waals surface area contributed by atoms with Gasteiger partial charge in [0.25, 0.3) is 16.0 Å². The van der Waals surface area contributed by atoms with Crippen molar-refractivity contribution in [2.24, 2.45) is 20.2 Å². The van der Waals surface area contributed by atoms with E-state index in [0.717, 1.165) is 22.4 Å². The van der Waals surface area contributed by atoms with Gasteiger partial charge in [0.1, 0.15) is 0 Å². The highest BCUT2D eigenvalue weighted by molar-refractivity contribution is 8.13. The molecule has 1 atom stereocenters. The highest BCUT2D eigenvalue weighted by atomic mass is 35.5. The van der Waals surface area contributed by atoms with Crippen LogP contribution >= 0.6 is 35.0 Å². The zero-order valence-electron chi connectivity index (χ0n) is 21.6. The number of benzene rings is 4. The molecule has 0 amide bonds. The van der Waals surface area contributed by atoms with Crippen molar-refractivity contribution < 1.29 is 8.42 Å². The molecule has 0 spiro atoms. The van der Waals surface area contributed by atoms with E-state index in [-0.39, 0.29) is 21.9 Å². The zero-order chi connectivity index (χ0) is 28.8. The molecular weight excluding hydrogens is 597 g/mol. The zero-order valence-corrected chi connectivity index (χ0v) is 24.8. The van der Waals surface area contributed by atoms with Crippen LogP contribution < -0.4 is 5.73 Å². The fourth-order valence-electron chi connectivity index (χ4n) is 4.21. The van der Waals surface area contributed by atoms with E-state index in [4.69, 9.17) is 34.0 Å². The third-order valence-electron chi connectivity index (χ3n) is 6.24. The van der Waals surface area contributed by atoms with Crippen LogP contribution in [0.5, 0.6) is 0 Å². The van der Waals surface area contributed by atoms with E-state index in [2.05, 4.69) is 9.39 Å². The lowest BCUT2D eigenvalue weighted by atomic mass is 9.91. The van der Waals surface area contributed by atoms with Crippen molar-refractivity contribution >= 4 is 61.8 Å². The number of hydrogen-bond donors (Lipinski definition) is 1. The Morgan fingerprint density at radius 1 is 0.878 bits per heavy atom. The smallest absolute Gasteiger partial charge is 0.285 e.